The van der Waals surface area contributed by atoms with Crippen molar-refractivity contribution >= 4 is 11.8 Å². The zero-order valence-electron chi connectivity index (χ0n) is 4.86. The number of halogens is 1. The summed E-state index contributed by atoms with van der Waals surface area (Å²) >= 11 is 1.34. The van der Waals surface area contributed by atoms with Crippen LogP contribution in [0.5, 0.6) is 0 Å². The van der Waals surface area contributed by atoms with Crippen LogP contribution in [-0.2, 0) is 0 Å². The predicted octanol–water partition coefficient (Wildman–Crippen LogP) is 2.71. The molecule has 1 aliphatic heterocycles. The van der Waals surface area contributed by atoms with Crippen LogP contribution in [0.25, 0.3) is 0 Å². The van der Waals surface area contributed by atoms with Crippen molar-refractivity contribution in [2.45, 2.75) is 25.0 Å². The van der Waals surface area contributed by atoms with E-state index in [0.29, 0.717) is 5.25 Å². The van der Waals surface area contributed by atoms with Gasteiger partial charge in [0.1, 0.15) is 0 Å². The molecule has 8 heavy (non-hydrogen) atoms. The highest BCUT2D eigenvalue weighted by atomic mass is 32.2. The summed E-state index contributed by atoms with van der Waals surface area (Å²) in [7, 11) is 0. The summed E-state index contributed by atoms with van der Waals surface area (Å²) in [6.45, 7) is 2.05. The molecular weight excluding hydrogens is 123 g/mol. The smallest absolute Gasteiger partial charge is 0.152 e. The van der Waals surface area contributed by atoms with E-state index in [9.17, 15) is 4.39 Å². The molecular formula is C6H9FS. The fourth-order valence-corrected chi connectivity index (χ4v) is 1.58. The summed E-state index contributed by atoms with van der Waals surface area (Å²) in [4.78, 5) is 0. The normalized spacial score (nSPS) is 29.8. The molecule has 0 fully saturated rings. The van der Waals surface area contributed by atoms with Crippen LogP contribution in [0.4, 0.5) is 4.39 Å². The average molecular weight is 132 g/mol. The highest BCUT2D eigenvalue weighted by Crippen LogP contribution is 2.30. The van der Waals surface area contributed by atoms with Crippen LogP contribution in [-0.4, -0.2) is 5.25 Å². The van der Waals surface area contributed by atoms with Crippen LogP contribution in [0.2, 0.25) is 0 Å². The minimum Gasteiger partial charge on any atom is -0.200 e. The molecule has 1 heterocycles. The molecule has 0 bridgehead atoms. The van der Waals surface area contributed by atoms with Crippen molar-refractivity contribution < 1.29 is 4.39 Å². The summed E-state index contributed by atoms with van der Waals surface area (Å²) in [5, 5.41) is 0.490. The molecule has 0 aromatic carbocycles. The molecule has 0 saturated carbocycles. The Morgan fingerprint density at radius 1 is 1.88 bits per heavy atom. The number of allylic oxidation sites excluding steroid dienone is 1. The third-order valence-electron chi connectivity index (χ3n) is 1.19. The Morgan fingerprint density at radius 2 is 2.62 bits per heavy atom. The van der Waals surface area contributed by atoms with Crippen LogP contribution in [0.15, 0.2) is 11.2 Å². The van der Waals surface area contributed by atoms with E-state index in [4.69, 9.17) is 0 Å². The van der Waals surface area contributed by atoms with Crippen molar-refractivity contribution in [3.63, 3.8) is 0 Å². The van der Waals surface area contributed by atoms with Gasteiger partial charge in [-0.15, -0.1) is 0 Å². The topological polar surface area (TPSA) is 0 Å². The zero-order valence-corrected chi connectivity index (χ0v) is 5.67. The van der Waals surface area contributed by atoms with E-state index in [-0.39, 0.29) is 5.16 Å². The van der Waals surface area contributed by atoms with Gasteiger partial charge in [0.2, 0.25) is 0 Å². The molecule has 0 N–H and O–H groups in total. The molecule has 1 unspecified atom stereocenters. The molecule has 0 aliphatic carbocycles. The lowest BCUT2D eigenvalue weighted by atomic mass is 10.2. The van der Waals surface area contributed by atoms with Crippen LogP contribution in [0.3, 0.4) is 0 Å². The van der Waals surface area contributed by atoms with Gasteiger partial charge in [-0.25, -0.2) is 0 Å². The van der Waals surface area contributed by atoms with Crippen LogP contribution in [0.1, 0.15) is 19.8 Å². The van der Waals surface area contributed by atoms with Gasteiger partial charge in [-0.2, -0.15) is 4.39 Å². The molecule has 0 amide bonds. The van der Waals surface area contributed by atoms with Gasteiger partial charge in [0, 0.05) is 5.25 Å². The number of hydrogen-bond acceptors (Lipinski definition) is 1. The lowest BCUT2D eigenvalue weighted by molar-refractivity contribution is 0.672. The molecule has 0 aromatic heterocycles. The van der Waals surface area contributed by atoms with Gasteiger partial charge in [-0.3, -0.25) is 0 Å². The largest absolute Gasteiger partial charge is 0.200 e. The van der Waals surface area contributed by atoms with Crippen LogP contribution < -0.4 is 0 Å². The van der Waals surface area contributed by atoms with Crippen LogP contribution >= 0.6 is 11.8 Å². The third-order valence-corrected chi connectivity index (χ3v) is 2.22. The Hall–Kier alpha value is 0.0200. The molecule has 1 aliphatic rings. The summed E-state index contributed by atoms with van der Waals surface area (Å²) in [5.41, 5.74) is 0. The summed E-state index contributed by atoms with van der Waals surface area (Å²) in [6, 6.07) is 0. The quantitative estimate of drug-likeness (QED) is 0.488. The molecule has 46 valence electrons. The summed E-state index contributed by atoms with van der Waals surface area (Å²) in [6.07, 6.45) is 3.70. The van der Waals surface area contributed by atoms with Crippen molar-refractivity contribution in [2.75, 3.05) is 0 Å². The highest BCUT2D eigenvalue weighted by Gasteiger charge is 2.09. The standard InChI is InChI=1S/C6H9FS/c1-5-3-2-4-6(7)8-5/h4-5H,2-3H2,1H3. The van der Waals surface area contributed by atoms with Gasteiger partial charge in [-0.05, 0) is 18.9 Å². The minimum absolute atomic E-state index is 0.00347. The summed E-state index contributed by atoms with van der Waals surface area (Å²) in [5.74, 6) is 0. The van der Waals surface area contributed by atoms with E-state index in [1.807, 2.05) is 0 Å². The Kier molecular flexibility index (Phi) is 1.95. The van der Waals surface area contributed by atoms with Crippen molar-refractivity contribution in [3.8, 4) is 0 Å². The maximum absolute atomic E-state index is 12.3. The third kappa shape index (κ3) is 1.51. The molecule has 2 heteroatoms. The lowest BCUT2D eigenvalue weighted by Crippen LogP contribution is -1.98. The minimum atomic E-state index is 0.00347. The highest BCUT2D eigenvalue weighted by molar-refractivity contribution is 8.03. The molecule has 0 spiro atoms. The lowest BCUT2D eigenvalue weighted by Gasteiger charge is -2.11. The molecule has 0 nitrogen and oxygen atoms in total. The monoisotopic (exact) mass is 132 g/mol. The fraction of sp³-hybridized carbons (Fsp3) is 0.667. The van der Waals surface area contributed by atoms with E-state index in [1.54, 1.807) is 6.08 Å². The fourth-order valence-electron chi connectivity index (χ4n) is 0.731. The second-order valence-electron chi connectivity index (χ2n) is 2.01. The van der Waals surface area contributed by atoms with Crippen LogP contribution in [0, 0.1) is 0 Å². The van der Waals surface area contributed by atoms with Crippen molar-refractivity contribution in [1.82, 2.24) is 0 Å². The Morgan fingerprint density at radius 3 is 3.00 bits per heavy atom. The molecule has 0 radical (unpaired) electrons. The first-order valence-corrected chi connectivity index (χ1v) is 3.69. The van der Waals surface area contributed by atoms with Gasteiger partial charge in [-0.1, -0.05) is 18.7 Å². The first kappa shape index (κ1) is 6.14. The van der Waals surface area contributed by atoms with E-state index < -0.39 is 0 Å². The number of rotatable bonds is 0. The van der Waals surface area contributed by atoms with E-state index in [1.165, 1.54) is 11.8 Å². The first-order chi connectivity index (χ1) is 3.79. The van der Waals surface area contributed by atoms with Gasteiger partial charge >= 0.3 is 0 Å². The molecule has 0 saturated heterocycles. The second kappa shape index (κ2) is 2.53. The Labute approximate surface area is 53.2 Å². The molecule has 1 rings (SSSR count). The second-order valence-corrected chi connectivity index (χ2v) is 3.44. The zero-order chi connectivity index (χ0) is 5.98. The maximum Gasteiger partial charge on any atom is 0.152 e. The SMILES string of the molecule is CC1CCC=C(F)S1. The van der Waals surface area contributed by atoms with Crippen molar-refractivity contribution in [2.24, 2.45) is 0 Å². The van der Waals surface area contributed by atoms with Crippen molar-refractivity contribution in [1.29, 1.82) is 0 Å². The van der Waals surface area contributed by atoms with Gasteiger partial charge in [0.05, 0.1) is 0 Å². The van der Waals surface area contributed by atoms with Gasteiger partial charge in [0.15, 0.2) is 5.16 Å². The van der Waals surface area contributed by atoms with E-state index in [0.717, 1.165) is 12.8 Å². The number of hydrogen-bond donors (Lipinski definition) is 0. The number of thioether (sulfide) groups is 1. The van der Waals surface area contributed by atoms with E-state index in [2.05, 4.69) is 6.92 Å². The summed E-state index contributed by atoms with van der Waals surface area (Å²) < 4.78 is 12.3. The predicted molar refractivity (Wildman–Crippen MR) is 35.5 cm³/mol. The molecule has 1 atom stereocenters. The Balaban J connectivity index is 2.45. The van der Waals surface area contributed by atoms with Gasteiger partial charge < -0.3 is 0 Å². The molecule has 0 aromatic rings. The van der Waals surface area contributed by atoms with Gasteiger partial charge in [0.25, 0.3) is 0 Å². The maximum atomic E-state index is 12.3. The van der Waals surface area contributed by atoms with E-state index >= 15 is 0 Å². The average Bonchev–Trinajstić information content (AvgIpc) is 1.64. The first-order valence-electron chi connectivity index (χ1n) is 2.81. The van der Waals surface area contributed by atoms with Crippen molar-refractivity contribution in [3.05, 3.63) is 11.2 Å². The Bertz CT molecular complexity index is 109.